The lowest BCUT2D eigenvalue weighted by atomic mass is 10.0. The molecule has 0 N–H and O–H groups in total. The van der Waals surface area contributed by atoms with Crippen LogP contribution in [0.1, 0.15) is 17.3 Å². The minimum atomic E-state index is -1.49. The Balaban J connectivity index is 2.47. The van der Waals surface area contributed by atoms with E-state index in [0.717, 1.165) is 0 Å². The molecule has 0 radical (unpaired) electrons. The van der Waals surface area contributed by atoms with Gasteiger partial charge < -0.3 is 4.74 Å². The van der Waals surface area contributed by atoms with E-state index < -0.39 is 34.8 Å². The van der Waals surface area contributed by atoms with Crippen molar-refractivity contribution in [3.63, 3.8) is 0 Å². The smallest absolute Gasteiger partial charge is 0.338 e. The molecule has 2 aromatic carbocycles. The Morgan fingerprint density at radius 3 is 2.00 bits per heavy atom. The summed E-state index contributed by atoms with van der Waals surface area (Å²) in [6.45, 7) is 1.81. The molecule has 6 heteroatoms. The molecule has 0 saturated carbocycles. The van der Waals surface area contributed by atoms with Gasteiger partial charge in [0, 0.05) is 6.07 Å². The number of hydrogen-bond acceptors (Lipinski definition) is 2. The lowest BCUT2D eigenvalue weighted by Crippen LogP contribution is -2.04. The predicted octanol–water partition coefficient (Wildman–Crippen LogP) is 4.09. The minimum Gasteiger partial charge on any atom is -0.462 e. The quantitative estimate of drug-likeness (QED) is 0.485. The molecule has 2 nitrogen and oxygen atoms in total. The molecule has 0 amide bonds. The zero-order valence-electron chi connectivity index (χ0n) is 10.9. The summed E-state index contributed by atoms with van der Waals surface area (Å²) in [5.41, 5.74) is -0.738. The lowest BCUT2D eigenvalue weighted by Gasteiger charge is -2.08. The van der Waals surface area contributed by atoms with Gasteiger partial charge in [0.1, 0.15) is 0 Å². The molecular formula is C15H10F4O2. The Bertz CT molecular complexity index is 655. The Morgan fingerprint density at radius 1 is 1.00 bits per heavy atom. The normalized spacial score (nSPS) is 10.5. The molecule has 0 unspecified atom stereocenters. The van der Waals surface area contributed by atoms with Gasteiger partial charge in [0.2, 0.25) is 0 Å². The second-order valence-electron chi connectivity index (χ2n) is 4.14. The molecule has 0 fully saturated rings. The average molecular weight is 298 g/mol. The largest absolute Gasteiger partial charge is 0.462 e. The first kappa shape index (κ1) is 15.0. The van der Waals surface area contributed by atoms with Crippen LogP contribution >= 0.6 is 0 Å². The topological polar surface area (TPSA) is 26.3 Å². The summed E-state index contributed by atoms with van der Waals surface area (Å²) < 4.78 is 58.3. The zero-order valence-corrected chi connectivity index (χ0v) is 10.9. The number of benzene rings is 2. The van der Waals surface area contributed by atoms with Crippen LogP contribution in [0.4, 0.5) is 17.6 Å². The number of rotatable bonds is 3. The summed E-state index contributed by atoms with van der Waals surface area (Å²) in [4.78, 5) is 11.4. The fourth-order valence-electron chi connectivity index (χ4n) is 1.81. The average Bonchev–Trinajstić information content (AvgIpc) is 2.46. The van der Waals surface area contributed by atoms with Gasteiger partial charge in [-0.25, -0.2) is 22.4 Å². The van der Waals surface area contributed by atoms with Crippen molar-refractivity contribution in [3.05, 3.63) is 59.2 Å². The van der Waals surface area contributed by atoms with Gasteiger partial charge in [0.15, 0.2) is 23.3 Å². The highest BCUT2D eigenvalue weighted by molar-refractivity contribution is 5.90. The van der Waals surface area contributed by atoms with Crippen LogP contribution < -0.4 is 0 Å². The van der Waals surface area contributed by atoms with Crippen molar-refractivity contribution in [3.8, 4) is 11.1 Å². The van der Waals surface area contributed by atoms with Gasteiger partial charge in [0.25, 0.3) is 0 Å². The second-order valence-corrected chi connectivity index (χ2v) is 4.14. The Hall–Kier alpha value is -2.37. The van der Waals surface area contributed by atoms with Crippen molar-refractivity contribution < 1.29 is 27.1 Å². The molecule has 0 saturated heterocycles. The molecule has 0 atom stereocenters. The van der Waals surface area contributed by atoms with Crippen LogP contribution in [0.25, 0.3) is 11.1 Å². The highest BCUT2D eigenvalue weighted by Gasteiger charge is 2.20. The molecular weight excluding hydrogens is 288 g/mol. The van der Waals surface area contributed by atoms with Crippen LogP contribution in [0.5, 0.6) is 0 Å². The van der Waals surface area contributed by atoms with E-state index >= 15 is 0 Å². The summed E-state index contributed by atoms with van der Waals surface area (Å²) in [5, 5.41) is 0. The first-order valence-electron chi connectivity index (χ1n) is 6.06. The molecule has 21 heavy (non-hydrogen) atoms. The van der Waals surface area contributed by atoms with Crippen molar-refractivity contribution in [2.45, 2.75) is 6.92 Å². The van der Waals surface area contributed by atoms with Crippen molar-refractivity contribution in [1.29, 1.82) is 0 Å². The number of carbonyl (C=O) groups excluding carboxylic acids is 1. The highest BCUT2D eigenvalue weighted by Crippen LogP contribution is 2.29. The van der Waals surface area contributed by atoms with Gasteiger partial charge in [-0.05, 0) is 24.6 Å². The molecule has 2 rings (SSSR count). The van der Waals surface area contributed by atoms with Gasteiger partial charge in [-0.1, -0.05) is 12.1 Å². The molecule has 0 aliphatic carbocycles. The van der Waals surface area contributed by atoms with Crippen molar-refractivity contribution in [2.24, 2.45) is 0 Å². The zero-order chi connectivity index (χ0) is 15.6. The standard InChI is InChI=1S/C15H10F4O2/c1-2-21-15(20)9-5-3-8(4-6-9)12-13(18)10(16)7-11(17)14(12)19/h3-7H,2H2,1H3. The van der Waals surface area contributed by atoms with Crippen molar-refractivity contribution in [1.82, 2.24) is 0 Å². The summed E-state index contributed by atoms with van der Waals surface area (Å²) in [7, 11) is 0. The number of carbonyl (C=O) groups is 1. The third kappa shape index (κ3) is 2.89. The molecule has 0 aliphatic rings. The first-order chi connectivity index (χ1) is 9.95. The van der Waals surface area contributed by atoms with Gasteiger partial charge in [-0.15, -0.1) is 0 Å². The fourth-order valence-corrected chi connectivity index (χ4v) is 1.81. The second kappa shape index (κ2) is 5.95. The van der Waals surface area contributed by atoms with Gasteiger partial charge >= 0.3 is 5.97 Å². The Kier molecular flexibility index (Phi) is 4.26. The van der Waals surface area contributed by atoms with Gasteiger partial charge in [-0.2, -0.15) is 0 Å². The number of ether oxygens (including phenoxy) is 1. The first-order valence-corrected chi connectivity index (χ1v) is 6.06. The lowest BCUT2D eigenvalue weighted by molar-refractivity contribution is 0.0526. The van der Waals surface area contributed by atoms with E-state index in [1.807, 2.05) is 0 Å². The molecule has 2 aromatic rings. The van der Waals surface area contributed by atoms with Crippen LogP contribution in [-0.4, -0.2) is 12.6 Å². The molecule has 0 aromatic heterocycles. The fraction of sp³-hybridized carbons (Fsp3) is 0.133. The number of halogens is 4. The maximum atomic E-state index is 13.6. The molecule has 0 heterocycles. The Labute approximate surface area is 118 Å². The predicted molar refractivity (Wildman–Crippen MR) is 67.7 cm³/mol. The maximum Gasteiger partial charge on any atom is 0.338 e. The van der Waals surface area contributed by atoms with Crippen LogP contribution in [0.2, 0.25) is 0 Å². The highest BCUT2D eigenvalue weighted by atomic mass is 19.2. The molecule has 0 aliphatic heterocycles. The van der Waals surface area contributed by atoms with E-state index in [2.05, 4.69) is 0 Å². The van der Waals surface area contributed by atoms with Crippen LogP contribution in [0, 0.1) is 23.3 Å². The molecule has 0 bridgehead atoms. The molecule has 110 valence electrons. The van der Waals surface area contributed by atoms with Crippen LogP contribution in [0.15, 0.2) is 30.3 Å². The number of esters is 1. The van der Waals surface area contributed by atoms with E-state index in [1.165, 1.54) is 24.3 Å². The summed E-state index contributed by atoms with van der Waals surface area (Å²) in [5.74, 6) is -6.55. The number of hydrogen-bond donors (Lipinski definition) is 0. The van der Waals surface area contributed by atoms with E-state index in [-0.39, 0.29) is 23.8 Å². The Morgan fingerprint density at radius 2 is 1.52 bits per heavy atom. The van der Waals surface area contributed by atoms with E-state index in [9.17, 15) is 22.4 Å². The third-order valence-corrected chi connectivity index (χ3v) is 2.80. The third-order valence-electron chi connectivity index (χ3n) is 2.80. The summed E-state index contributed by atoms with van der Waals surface area (Å²) in [6, 6.07) is 5.03. The SMILES string of the molecule is CCOC(=O)c1ccc(-c2c(F)c(F)cc(F)c2F)cc1. The van der Waals surface area contributed by atoms with Crippen LogP contribution in [-0.2, 0) is 4.74 Å². The van der Waals surface area contributed by atoms with Crippen molar-refractivity contribution >= 4 is 5.97 Å². The van der Waals surface area contributed by atoms with E-state index in [4.69, 9.17) is 4.74 Å². The van der Waals surface area contributed by atoms with Gasteiger partial charge in [-0.3, -0.25) is 0 Å². The summed E-state index contributed by atoms with van der Waals surface area (Å²) >= 11 is 0. The maximum absolute atomic E-state index is 13.6. The van der Waals surface area contributed by atoms with Crippen LogP contribution in [0.3, 0.4) is 0 Å². The molecule has 0 spiro atoms. The van der Waals surface area contributed by atoms with Gasteiger partial charge in [0.05, 0.1) is 17.7 Å². The minimum absolute atomic E-state index is 0.0866. The van der Waals surface area contributed by atoms with Crippen molar-refractivity contribution in [2.75, 3.05) is 6.61 Å². The van der Waals surface area contributed by atoms with E-state index in [0.29, 0.717) is 0 Å². The monoisotopic (exact) mass is 298 g/mol. The summed E-state index contributed by atoms with van der Waals surface area (Å²) in [6.07, 6.45) is 0. The van der Waals surface area contributed by atoms with E-state index in [1.54, 1.807) is 6.92 Å².